The first kappa shape index (κ1) is 12.1. The van der Waals surface area contributed by atoms with Crippen LogP contribution in [0.3, 0.4) is 0 Å². The van der Waals surface area contributed by atoms with Crippen LogP contribution in [0.1, 0.15) is 5.56 Å². The second-order valence-electron chi connectivity index (χ2n) is 4.11. The van der Waals surface area contributed by atoms with Crippen molar-refractivity contribution in [1.29, 1.82) is 0 Å². The molecule has 0 atom stereocenters. The van der Waals surface area contributed by atoms with Gasteiger partial charge in [0, 0.05) is 5.02 Å². The van der Waals surface area contributed by atoms with Gasteiger partial charge in [-0.15, -0.1) is 0 Å². The first-order valence-electron chi connectivity index (χ1n) is 5.54. The summed E-state index contributed by atoms with van der Waals surface area (Å²) in [5.74, 6) is 0. The third kappa shape index (κ3) is 1.89. The summed E-state index contributed by atoms with van der Waals surface area (Å²) in [6, 6.07) is 5.52. The number of benzene rings is 1. The number of nitrogens with zero attached hydrogens (tertiary/aromatic N) is 2. The number of aromatic amines is 2. The molecule has 2 aromatic heterocycles. The van der Waals surface area contributed by atoms with Gasteiger partial charge in [0.05, 0.1) is 11.9 Å². The molecule has 7 heteroatoms. The van der Waals surface area contributed by atoms with Crippen LogP contribution in [0, 0.1) is 11.7 Å². The summed E-state index contributed by atoms with van der Waals surface area (Å²) >= 11 is 11.1. The number of H-pyrrole nitrogens is 2. The summed E-state index contributed by atoms with van der Waals surface area (Å²) in [6.07, 6.45) is 1.50. The lowest BCUT2D eigenvalue weighted by atomic mass is 10.2. The lowest BCUT2D eigenvalue weighted by molar-refractivity contribution is 0.885. The molecule has 0 aliphatic heterocycles. The van der Waals surface area contributed by atoms with Crippen molar-refractivity contribution in [3.05, 3.63) is 50.1 Å². The third-order valence-corrected chi connectivity index (χ3v) is 3.55. The van der Waals surface area contributed by atoms with Gasteiger partial charge in [0.15, 0.2) is 4.77 Å². The highest BCUT2D eigenvalue weighted by Gasteiger charge is 2.11. The third-order valence-electron chi connectivity index (χ3n) is 2.94. The Morgan fingerprint density at radius 1 is 1.37 bits per heavy atom. The van der Waals surface area contributed by atoms with E-state index in [1.165, 1.54) is 6.20 Å². The monoisotopic (exact) mass is 292 g/mol. The second kappa shape index (κ2) is 4.32. The molecule has 0 aliphatic rings. The molecular formula is C12H9ClN4OS. The first-order chi connectivity index (χ1) is 9.08. The summed E-state index contributed by atoms with van der Waals surface area (Å²) < 4.78 is 1.89. The quantitative estimate of drug-likeness (QED) is 0.678. The fraction of sp³-hybridized carbons (Fsp3) is 0.0833. The predicted octanol–water partition coefficient (Wildman–Crippen LogP) is 2.73. The topological polar surface area (TPSA) is 66.5 Å². The maximum Gasteiger partial charge on any atom is 0.262 e. The molecule has 2 heterocycles. The van der Waals surface area contributed by atoms with Crippen molar-refractivity contribution in [2.24, 2.45) is 0 Å². The van der Waals surface area contributed by atoms with Gasteiger partial charge in [-0.1, -0.05) is 17.7 Å². The zero-order valence-electron chi connectivity index (χ0n) is 9.90. The van der Waals surface area contributed by atoms with E-state index in [4.69, 9.17) is 23.8 Å². The molecule has 2 N–H and O–H groups in total. The van der Waals surface area contributed by atoms with Gasteiger partial charge in [-0.25, -0.2) is 4.68 Å². The number of rotatable bonds is 1. The molecule has 3 rings (SSSR count). The zero-order valence-corrected chi connectivity index (χ0v) is 11.5. The fourth-order valence-corrected chi connectivity index (χ4v) is 2.31. The van der Waals surface area contributed by atoms with Crippen molar-refractivity contribution in [2.45, 2.75) is 6.92 Å². The van der Waals surface area contributed by atoms with Crippen LogP contribution in [-0.4, -0.2) is 19.7 Å². The molecule has 19 heavy (non-hydrogen) atoms. The molecule has 1 aromatic carbocycles. The van der Waals surface area contributed by atoms with Gasteiger partial charge >= 0.3 is 0 Å². The molecule has 0 aliphatic carbocycles. The van der Waals surface area contributed by atoms with Crippen LogP contribution in [-0.2, 0) is 0 Å². The van der Waals surface area contributed by atoms with E-state index in [0.717, 1.165) is 11.3 Å². The van der Waals surface area contributed by atoms with Crippen molar-refractivity contribution >= 4 is 34.9 Å². The van der Waals surface area contributed by atoms with E-state index in [2.05, 4.69) is 15.1 Å². The van der Waals surface area contributed by atoms with Gasteiger partial charge in [0.25, 0.3) is 5.56 Å². The zero-order chi connectivity index (χ0) is 13.6. The van der Waals surface area contributed by atoms with E-state index >= 15 is 0 Å². The van der Waals surface area contributed by atoms with Crippen LogP contribution in [0.4, 0.5) is 0 Å². The van der Waals surface area contributed by atoms with Gasteiger partial charge < -0.3 is 4.98 Å². The van der Waals surface area contributed by atoms with Crippen molar-refractivity contribution in [3.63, 3.8) is 0 Å². The summed E-state index contributed by atoms with van der Waals surface area (Å²) in [5, 5.41) is 5.32. The van der Waals surface area contributed by atoms with Crippen molar-refractivity contribution in [2.75, 3.05) is 0 Å². The molecular weight excluding hydrogens is 284 g/mol. The summed E-state index contributed by atoms with van der Waals surface area (Å²) in [6.45, 7) is 1.90. The maximum atomic E-state index is 11.8. The van der Waals surface area contributed by atoms with Crippen LogP contribution in [0.5, 0.6) is 0 Å². The van der Waals surface area contributed by atoms with E-state index in [0.29, 0.717) is 16.1 Å². The fourth-order valence-electron chi connectivity index (χ4n) is 1.95. The Balaban J connectivity index is 2.41. The SMILES string of the molecule is Cc1c(Cl)cccc1-n1ncc2c(=O)[nH]c(=S)[nH]c21. The minimum absolute atomic E-state index is 0.260. The van der Waals surface area contributed by atoms with Gasteiger partial charge in [-0.3, -0.25) is 9.78 Å². The molecule has 0 unspecified atom stereocenters. The van der Waals surface area contributed by atoms with E-state index < -0.39 is 0 Å². The normalized spacial score (nSPS) is 11.1. The smallest absolute Gasteiger partial charge is 0.262 e. The Morgan fingerprint density at radius 2 is 2.16 bits per heavy atom. The van der Waals surface area contributed by atoms with E-state index in [1.807, 2.05) is 19.1 Å². The first-order valence-corrected chi connectivity index (χ1v) is 6.32. The van der Waals surface area contributed by atoms with Crippen LogP contribution in [0.2, 0.25) is 5.02 Å². The second-order valence-corrected chi connectivity index (χ2v) is 4.93. The molecule has 5 nitrogen and oxygen atoms in total. The van der Waals surface area contributed by atoms with Gasteiger partial charge in [0.2, 0.25) is 0 Å². The van der Waals surface area contributed by atoms with Gasteiger partial charge in [-0.2, -0.15) is 5.10 Å². The highest BCUT2D eigenvalue weighted by Crippen LogP contribution is 2.23. The van der Waals surface area contributed by atoms with Crippen LogP contribution >= 0.6 is 23.8 Å². The Bertz CT molecular complexity index is 893. The highest BCUT2D eigenvalue weighted by atomic mass is 35.5. The molecule has 0 bridgehead atoms. The lowest BCUT2D eigenvalue weighted by Crippen LogP contribution is -2.08. The van der Waals surface area contributed by atoms with E-state index in [1.54, 1.807) is 10.7 Å². The molecule has 0 amide bonds. The number of aromatic nitrogens is 4. The molecule has 0 saturated carbocycles. The summed E-state index contributed by atoms with van der Waals surface area (Å²) in [5.41, 5.74) is 1.98. The average Bonchev–Trinajstić information content (AvgIpc) is 2.76. The van der Waals surface area contributed by atoms with Crippen molar-refractivity contribution in [1.82, 2.24) is 19.7 Å². The maximum absolute atomic E-state index is 11.8. The molecule has 0 fully saturated rings. The van der Waals surface area contributed by atoms with Crippen molar-refractivity contribution < 1.29 is 0 Å². The van der Waals surface area contributed by atoms with Gasteiger partial charge in [-0.05, 0) is 36.8 Å². The minimum Gasteiger partial charge on any atom is -0.316 e. The molecule has 0 saturated heterocycles. The Hall–Kier alpha value is -1.92. The standard InChI is InChI=1S/C12H9ClN4OS/c1-6-8(13)3-2-4-9(6)17-10-7(5-14-17)11(18)16-12(19)15-10/h2-5H,1H3,(H2,15,16,18,19). The number of hydrogen-bond donors (Lipinski definition) is 2. The lowest BCUT2D eigenvalue weighted by Gasteiger charge is -2.08. The van der Waals surface area contributed by atoms with Crippen molar-refractivity contribution in [3.8, 4) is 5.69 Å². The van der Waals surface area contributed by atoms with E-state index in [9.17, 15) is 4.79 Å². The molecule has 3 aromatic rings. The number of hydrogen-bond acceptors (Lipinski definition) is 3. The summed E-state index contributed by atoms with van der Waals surface area (Å²) in [7, 11) is 0. The Morgan fingerprint density at radius 3 is 2.95 bits per heavy atom. The molecule has 0 spiro atoms. The largest absolute Gasteiger partial charge is 0.316 e. The average molecular weight is 293 g/mol. The van der Waals surface area contributed by atoms with Crippen LogP contribution < -0.4 is 5.56 Å². The van der Waals surface area contributed by atoms with Gasteiger partial charge in [0.1, 0.15) is 11.0 Å². The highest BCUT2D eigenvalue weighted by molar-refractivity contribution is 7.71. The number of nitrogens with one attached hydrogen (secondary N) is 2. The Labute approximate surface area is 117 Å². The van der Waals surface area contributed by atoms with Crippen LogP contribution in [0.15, 0.2) is 29.2 Å². The molecule has 96 valence electrons. The molecule has 0 radical (unpaired) electrons. The Kier molecular flexibility index (Phi) is 2.76. The minimum atomic E-state index is -0.260. The number of fused-ring (bicyclic) bond motifs is 1. The van der Waals surface area contributed by atoms with E-state index in [-0.39, 0.29) is 10.3 Å². The number of halogens is 1. The summed E-state index contributed by atoms with van der Waals surface area (Å²) in [4.78, 5) is 17.2. The van der Waals surface area contributed by atoms with Crippen LogP contribution in [0.25, 0.3) is 16.7 Å². The predicted molar refractivity (Wildman–Crippen MR) is 76.6 cm³/mol.